The van der Waals surface area contributed by atoms with Gasteiger partial charge in [-0.15, -0.1) is 21.8 Å². The van der Waals surface area contributed by atoms with Crippen LogP contribution in [-0.4, -0.2) is 28.7 Å². The second-order valence-corrected chi connectivity index (χ2v) is 4.26. The van der Waals surface area contributed by atoms with E-state index in [1.54, 1.807) is 16.8 Å². The van der Waals surface area contributed by atoms with Gasteiger partial charge < -0.3 is 4.90 Å². The lowest BCUT2D eigenvalue weighted by Crippen LogP contribution is -2.36. The summed E-state index contributed by atoms with van der Waals surface area (Å²) in [5, 5.41) is 8.93. The standard InChI is InChI=1S/C9H16ClN3S/c1-3-8(4-2)13(6-5-10)9-12-11-7-14-9/h7-8H,3-6H2,1-2H3. The van der Waals surface area contributed by atoms with Gasteiger partial charge in [0.25, 0.3) is 0 Å². The van der Waals surface area contributed by atoms with Crippen molar-refractivity contribution in [1.29, 1.82) is 0 Å². The van der Waals surface area contributed by atoms with Crippen LogP contribution in [-0.2, 0) is 0 Å². The first-order valence-electron chi connectivity index (χ1n) is 4.92. The van der Waals surface area contributed by atoms with Gasteiger partial charge in [-0.25, -0.2) is 0 Å². The highest BCUT2D eigenvalue weighted by Crippen LogP contribution is 2.21. The number of nitrogens with zero attached hydrogens (tertiary/aromatic N) is 3. The molecule has 0 bridgehead atoms. The van der Waals surface area contributed by atoms with Gasteiger partial charge >= 0.3 is 0 Å². The summed E-state index contributed by atoms with van der Waals surface area (Å²) in [6.45, 7) is 5.23. The van der Waals surface area contributed by atoms with Crippen molar-refractivity contribution in [3.05, 3.63) is 5.51 Å². The Morgan fingerprint density at radius 3 is 2.64 bits per heavy atom. The fourth-order valence-corrected chi connectivity index (χ4v) is 2.39. The van der Waals surface area contributed by atoms with Gasteiger partial charge in [-0.3, -0.25) is 0 Å². The van der Waals surface area contributed by atoms with Crippen molar-refractivity contribution in [2.24, 2.45) is 0 Å². The third-order valence-corrected chi connectivity index (χ3v) is 3.20. The Labute approximate surface area is 94.1 Å². The number of alkyl halides is 1. The molecule has 1 aromatic heterocycles. The molecule has 3 nitrogen and oxygen atoms in total. The van der Waals surface area contributed by atoms with Crippen molar-refractivity contribution in [2.75, 3.05) is 17.3 Å². The summed E-state index contributed by atoms with van der Waals surface area (Å²) < 4.78 is 0. The minimum absolute atomic E-state index is 0.529. The number of halogens is 1. The Morgan fingerprint density at radius 2 is 2.21 bits per heavy atom. The van der Waals surface area contributed by atoms with Gasteiger partial charge in [0.15, 0.2) is 0 Å². The maximum absolute atomic E-state index is 5.79. The zero-order valence-corrected chi connectivity index (χ0v) is 10.2. The lowest BCUT2D eigenvalue weighted by atomic mass is 10.1. The first-order valence-corrected chi connectivity index (χ1v) is 6.33. The van der Waals surface area contributed by atoms with Crippen molar-refractivity contribution >= 4 is 28.1 Å². The second-order valence-electron chi connectivity index (χ2n) is 3.07. The highest BCUT2D eigenvalue weighted by molar-refractivity contribution is 7.13. The van der Waals surface area contributed by atoms with Crippen LogP contribution in [0.3, 0.4) is 0 Å². The quantitative estimate of drug-likeness (QED) is 0.708. The van der Waals surface area contributed by atoms with E-state index in [1.165, 1.54) is 0 Å². The molecule has 0 aliphatic rings. The molecule has 0 radical (unpaired) electrons. The Balaban J connectivity index is 2.72. The average molecular weight is 234 g/mol. The number of hydrogen-bond donors (Lipinski definition) is 0. The molecule has 80 valence electrons. The molecular formula is C9H16ClN3S. The molecule has 0 N–H and O–H groups in total. The molecule has 14 heavy (non-hydrogen) atoms. The van der Waals surface area contributed by atoms with E-state index in [1.807, 2.05) is 0 Å². The van der Waals surface area contributed by atoms with Crippen LogP contribution in [0.2, 0.25) is 0 Å². The number of anilines is 1. The third kappa shape index (κ3) is 2.82. The first kappa shape index (κ1) is 11.7. The Bertz CT molecular complexity index is 236. The molecule has 1 rings (SSSR count). The van der Waals surface area contributed by atoms with E-state index in [4.69, 9.17) is 11.6 Å². The molecule has 0 saturated carbocycles. The van der Waals surface area contributed by atoms with E-state index < -0.39 is 0 Å². The van der Waals surface area contributed by atoms with Crippen molar-refractivity contribution < 1.29 is 0 Å². The summed E-state index contributed by atoms with van der Waals surface area (Å²) in [5.41, 5.74) is 1.76. The Morgan fingerprint density at radius 1 is 1.50 bits per heavy atom. The smallest absolute Gasteiger partial charge is 0.208 e. The van der Waals surface area contributed by atoms with Gasteiger partial charge in [0.1, 0.15) is 5.51 Å². The van der Waals surface area contributed by atoms with Gasteiger partial charge in [-0.05, 0) is 12.8 Å². The molecule has 0 spiro atoms. The monoisotopic (exact) mass is 233 g/mol. The van der Waals surface area contributed by atoms with Crippen LogP contribution in [0.4, 0.5) is 5.13 Å². The van der Waals surface area contributed by atoms with Crippen LogP contribution in [0.1, 0.15) is 26.7 Å². The van der Waals surface area contributed by atoms with Gasteiger partial charge in [-0.2, -0.15) is 0 Å². The van der Waals surface area contributed by atoms with E-state index >= 15 is 0 Å². The molecule has 0 atom stereocenters. The maximum Gasteiger partial charge on any atom is 0.208 e. The fourth-order valence-electron chi connectivity index (χ4n) is 1.55. The molecule has 0 unspecified atom stereocenters. The first-order chi connectivity index (χ1) is 6.83. The van der Waals surface area contributed by atoms with Crippen LogP contribution >= 0.6 is 22.9 Å². The Hall–Kier alpha value is -0.350. The molecule has 0 aromatic carbocycles. The molecule has 1 heterocycles. The normalized spacial score (nSPS) is 10.9. The molecule has 0 amide bonds. The minimum Gasteiger partial charge on any atom is -0.343 e. The van der Waals surface area contributed by atoms with Crippen LogP contribution in [0, 0.1) is 0 Å². The van der Waals surface area contributed by atoms with Gasteiger partial charge in [0.2, 0.25) is 5.13 Å². The minimum atomic E-state index is 0.529. The highest BCUT2D eigenvalue weighted by atomic mass is 35.5. The zero-order valence-electron chi connectivity index (χ0n) is 8.61. The predicted molar refractivity (Wildman–Crippen MR) is 62.3 cm³/mol. The summed E-state index contributed by atoms with van der Waals surface area (Å²) >= 11 is 7.36. The summed E-state index contributed by atoms with van der Waals surface area (Å²) in [6.07, 6.45) is 2.24. The Kier molecular flexibility index (Phi) is 5.19. The van der Waals surface area contributed by atoms with Crippen LogP contribution in [0.15, 0.2) is 5.51 Å². The summed E-state index contributed by atoms with van der Waals surface area (Å²) in [6, 6.07) is 0.529. The van der Waals surface area contributed by atoms with Crippen molar-refractivity contribution in [3.8, 4) is 0 Å². The zero-order chi connectivity index (χ0) is 10.4. The highest BCUT2D eigenvalue weighted by Gasteiger charge is 2.17. The molecule has 1 aromatic rings. The predicted octanol–water partition coefficient (Wildman–Crippen LogP) is 2.77. The lowest BCUT2D eigenvalue weighted by molar-refractivity contribution is 0.565. The topological polar surface area (TPSA) is 29.0 Å². The SMILES string of the molecule is CCC(CC)N(CCCl)c1nncs1. The average Bonchev–Trinajstić information content (AvgIpc) is 2.71. The largest absolute Gasteiger partial charge is 0.343 e. The molecule has 5 heteroatoms. The molecule has 0 aliphatic carbocycles. The molecular weight excluding hydrogens is 218 g/mol. The van der Waals surface area contributed by atoms with E-state index in [-0.39, 0.29) is 0 Å². The molecule has 0 fully saturated rings. The summed E-state index contributed by atoms with van der Waals surface area (Å²) in [4.78, 5) is 2.25. The van der Waals surface area contributed by atoms with E-state index in [0.29, 0.717) is 11.9 Å². The van der Waals surface area contributed by atoms with Gasteiger partial charge in [0.05, 0.1) is 0 Å². The second kappa shape index (κ2) is 6.19. The fraction of sp³-hybridized carbons (Fsp3) is 0.778. The van der Waals surface area contributed by atoms with Gasteiger partial charge in [-0.1, -0.05) is 25.2 Å². The van der Waals surface area contributed by atoms with Crippen molar-refractivity contribution in [2.45, 2.75) is 32.7 Å². The number of hydrogen-bond acceptors (Lipinski definition) is 4. The van der Waals surface area contributed by atoms with Crippen molar-refractivity contribution in [3.63, 3.8) is 0 Å². The summed E-state index contributed by atoms with van der Waals surface area (Å²) in [7, 11) is 0. The number of aromatic nitrogens is 2. The van der Waals surface area contributed by atoms with Crippen LogP contribution in [0.25, 0.3) is 0 Å². The van der Waals surface area contributed by atoms with Crippen molar-refractivity contribution in [1.82, 2.24) is 10.2 Å². The summed E-state index contributed by atoms with van der Waals surface area (Å²) in [5.74, 6) is 0.635. The van der Waals surface area contributed by atoms with E-state index in [0.717, 1.165) is 24.5 Å². The molecule has 0 saturated heterocycles. The molecule has 0 aliphatic heterocycles. The van der Waals surface area contributed by atoms with E-state index in [2.05, 4.69) is 28.9 Å². The maximum atomic E-state index is 5.79. The van der Waals surface area contributed by atoms with E-state index in [9.17, 15) is 0 Å². The lowest BCUT2D eigenvalue weighted by Gasteiger charge is -2.28. The number of rotatable bonds is 6. The van der Waals surface area contributed by atoms with Crippen LogP contribution in [0.5, 0.6) is 0 Å². The third-order valence-electron chi connectivity index (χ3n) is 2.30. The van der Waals surface area contributed by atoms with Gasteiger partial charge in [0, 0.05) is 18.5 Å². The van der Waals surface area contributed by atoms with Crippen LogP contribution < -0.4 is 4.90 Å².